The average molecular weight is 374 g/mol. The molecule has 3 unspecified atom stereocenters. The summed E-state index contributed by atoms with van der Waals surface area (Å²) in [5.41, 5.74) is 0.523. The van der Waals surface area contributed by atoms with Crippen molar-refractivity contribution in [2.24, 2.45) is 0 Å². The van der Waals surface area contributed by atoms with E-state index in [0.717, 1.165) is 25.2 Å². The second-order valence-corrected chi connectivity index (χ2v) is 7.80. The molecule has 2 aliphatic heterocycles. The lowest BCUT2D eigenvalue weighted by Crippen LogP contribution is -2.64. The maximum absolute atomic E-state index is 13.2. The van der Waals surface area contributed by atoms with Gasteiger partial charge in [-0.05, 0) is 39.3 Å². The van der Waals surface area contributed by atoms with Gasteiger partial charge in [-0.1, -0.05) is 13.3 Å². The fourth-order valence-corrected chi connectivity index (χ4v) is 4.16. The molecule has 148 valence electrons. The molecule has 27 heavy (non-hydrogen) atoms. The van der Waals surface area contributed by atoms with E-state index in [4.69, 9.17) is 4.74 Å². The Morgan fingerprint density at radius 2 is 2.07 bits per heavy atom. The van der Waals surface area contributed by atoms with Crippen molar-refractivity contribution in [1.82, 2.24) is 15.2 Å². The Balaban J connectivity index is 1.85. The number of pyridine rings is 1. The van der Waals surface area contributed by atoms with Crippen molar-refractivity contribution in [2.45, 2.75) is 58.3 Å². The van der Waals surface area contributed by atoms with E-state index in [-0.39, 0.29) is 24.0 Å². The number of morpholine rings is 1. The van der Waals surface area contributed by atoms with Gasteiger partial charge < -0.3 is 19.9 Å². The van der Waals surface area contributed by atoms with Crippen LogP contribution < -0.4 is 10.2 Å². The molecule has 1 N–H and O–H groups in total. The molecule has 2 amide bonds. The number of nitrogens with zero attached hydrogens (tertiary/aromatic N) is 3. The van der Waals surface area contributed by atoms with Crippen LogP contribution >= 0.6 is 0 Å². The fraction of sp³-hybridized carbons (Fsp3) is 0.650. The van der Waals surface area contributed by atoms with Crippen molar-refractivity contribution in [2.75, 3.05) is 31.1 Å². The predicted molar refractivity (Wildman–Crippen MR) is 104 cm³/mol. The van der Waals surface area contributed by atoms with E-state index in [1.165, 1.54) is 0 Å². The van der Waals surface area contributed by atoms with E-state index in [2.05, 4.69) is 29.0 Å². The molecule has 0 spiro atoms. The number of anilines is 1. The quantitative estimate of drug-likeness (QED) is 0.870. The molecule has 7 heteroatoms. The number of ether oxygens (including phenoxy) is 1. The van der Waals surface area contributed by atoms with Crippen molar-refractivity contribution in [1.29, 1.82) is 0 Å². The van der Waals surface area contributed by atoms with Crippen LogP contribution in [0.4, 0.5) is 5.69 Å². The third kappa shape index (κ3) is 3.93. The topological polar surface area (TPSA) is 74.8 Å². The molecule has 0 aliphatic carbocycles. The number of hydrogen-bond donors (Lipinski definition) is 1. The van der Waals surface area contributed by atoms with Gasteiger partial charge in [0, 0.05) is 38.1 Å². The van der Waals surface area contributed by atoms with Gasteiger partial charge in [-0.25, -0.2) is 0 Å². The Morgan fingerprint density at radius 3 is 2.74 bits per heavy atom. The van der Waals surface area contributed by atoms with Crippen LogP contribution in [0.15, 0.2) is 18.3 Å². The molecule has 0 bridgehead atoms. The van der Waals surface area contributed by atoms with E-state index in [0.29, 0.717) is 25.2 Å². The molecule has 0 radical (unpaired) electrons. The highest BCUT2D eigenvalue weighted by Gasteiger charge is 2.44. The average Bonchev–Trinajstić information content (AvgIpc) is 2.63. The maximum Gasteiger partial charge on any atom is 0.273 e. The minimum Gasteiger partial charge on any atom is -0.372 e. The van der Waals surface area contributed by atoms with Crippen molar-refractivity contribution in [3.05, 3.63) is 24.0 Å². The van der Waals surface area contributed by atoms with Gasteiger partial charge in [0.2, 0.25) is 5.91 Å². The van der Waals surface area contributed by atoms with Gasteiger partial charge in [0.1, 0.15) is 11.2 Å². The van der Waals surface area contributed by atoms with Crippen LogP contribution in [0.1, 0.15) is 51.0 Å². The van der Waals surface area contributed by atoms with Crippen molar-refractivity contribution in [3.8, 4) is 0 Å². The first-order valence-electron chi connectivity index (χ1n) is 9.82. The third-order valence-electron chi connectivity index (χ3n) is 5.44. The zero-order chi connectivity index (χ0) is 19.6. The number of carbonyl (C=O) groups is 2. The van der Waals surface area contributed by atoms with E-state index in [9.17, 15) is 9.59 Å². The Bertz CT molecular complexity index is 700. The molecule has 1 aromatic heterocycles. The standard InChI is InChI=1S/C20H30N4O3/c1-5-7-20(4)19(26)22-9-10-24(20)18(25)17-11-16(6-8-21-17)23-12-14(2)27-15(3)13-23/h6,8,11,14-15H,5,7,9-10,12-13H2,1-4H3,(H,22,26). The van der Waals surface area contributed by atoms with Crippen LogP contribution in [-0.4, -0.2) is 65.6 Å². The summed E-state index contributed by atoms with van der Waals surface area (Å²) < 4.78 is 5.80. The van der Waals surface area contributed by atoms with Gasteiger partial charge >= 0.3 is 0 Å². The van der Waals surface area contributed by atoms with Gasteiger partial charge in [0.25, 0.3) is 5.91 Å². The van der Waals surface area contributed by atoms with E-state index < -0.39 is 5.54 Å². The maximum atomic E-state index is 13.2. The van der Waals surface area contributed by atoms with E-state index in [1.54, 1.807) is 11.1 Å². The largest absolute Gasteiger partial charge is 0.372 e. The number of piperazine rings is 1. The molecule has 2 saturated heterocycles. The van der Waals surface area contributed by atoms with Crippen LogP contribution in [0.5, 0.6) is 0 Å². The van der Waals surface area contributed by atoms with Crippen LogP contribution in [0.3, 0.4) is 0 Å². The molecular formula is C20H30N4O3. The highest BCUT2D eigenvalue weighted by molar-refractivity contribution is 5.99. The fourth-order valence-electron chi connectivity index (χ4n) is 4.16. The number of rotatable bonds is 4. The van der Waals surface area contributed by atoms with E-state index in [1.807, 2.05) is 26.0 Å². The minimum atomic E-state index is -0.830. The summed E-state index contributed by atoms with van der Waals surface area (Å²) in [6, 6.07) is 3.77. The van der Waals surface area contributed by atoms with Crippen LogP contribution in [-0.2, 0) is 9.53 Å². The summed E-state index contributed by atoms with van der Waals surface area (Å²) in [7, 11) is 0. The molecule has 0 saturated carbocycles. The first kappa shape index (κ1) is 19.6. The van der Waals surface area contributed by atoms with Gasteiger partial charge in [0.05, 0.1) is 12.2 Å². The molecule has 2 aliphatic rings. The molecule has 0 aromatic carbocycles. The summed E-state index contributed by atoms with van der Waals surface area (Å²) in [5, 5.41) is 2.89. The van der Waals surface area contributed by atoms with Crippen molar-refractivity contribution < 1.29 is 14.3 Å². The first-order chi connectivity index (χ1) is 12.8. The summed E-state index contributed by atoms with van der Waals surface area (Å²) in [6.07, 6.45) is 3.40. The number of aromatic nitrogens is 1. The SMILES string of the molecule is CCCC1(C)C(=O)NCCN1C(=O)c1cc(N2CC(C)OC(C)C2)ccn1. The Morgan fingerprint density at radius 1 is 1.37 bits per heavy atom. The Hall–Kier alpha value is -2.15. The number of hydrogen-bond acceptors (Lipinski definition) is 5. The smallest absolute Gasteiger partial charge is 0.273 e. The number of nitrogens with one attached hydrogen (secondary N) is 1. The zero-order valence-electron chi connectivity index (χ0n) is 16.7. The third-order valence-corrected chi connectivity index (χ3v) is 5.44. The van der Waals surface area contributed by atoms with Gasteiger partial charge in [-0.3, -0.25) is 14.6 Å². The second-order valence-electron chi connectivity index (χ2n) is 7.80. The monoisotopic (exact) mass is 374 g/mol. The van der Waals surface area contributed by atoms with Gasteiger partial charge in [-0.2, -0.15) is 0 Å². The van der Waals surface area contributed by atoms with Crippen LogP contribution in [0, 0.1) is 0 Å². The summed E-state index contributed by atoms with van der Waals surface area (Å²) in [4.78, 5) is 34.0. The highest BCUT2D eigenvalue weighted by atomic mass is 16.5. The highest BCUT2D eigenvalue weighted by Crippen LogP contribution is 2.27. The molecular weight excluding hydrogens is 344 g/mol. The molecule has 3 atom stereocenters. The lowest BCUT2D eigenvalue weighted by Gasteiger charge is -2.43. The molecule has 3 rings (SSSR count). The van der Waals surface area contributed by atoms with Crippen LogP contribution in [0.25, 0.3) is 0 Å². The number of amides is 2. The van der Waals surface area contributed by atoms with Crippen molar-refractivity contribution in [3.63, 3.8) is 0 Å². The zero-order valence-corrected chi connectivity index (χ0v) is 16.7. The molecule has 3 heterocycles. The van der Waals surface area contributed by atoms with Crippen LogP contribution in [0.2, 0.25) is 0 Å². The Kier molecular flexibility index (Phi) is 5.69. The van der Waals surface area contributed by atoms with E-state index >= 15 is 0 Å². The molecule has 1 aromatic rings. The lowest BCUT2D eigenvalue weighted by molar-refractivity contribution is -0.134. The summed E-state index contributed by atoms with van der Waals surface area (Å²) in [6.45, 7) is 10.5. The first-order valence-corrected chi connectivity index (χ1v) is 9.82. The molecule has 7 nitrogen and oxygen atoms in total. The van der Waals surface area contributed by atoms with Gasteiger partial charge in [0.15, 0.2) is 0 Å². The summed E-state index contributed by atoms with van der Waals surface area (Å²) in [5.74, 6) is -0.270. The normalized spacial score (nSPS) is 28.8. The summed E-state index contributed by atoms with van der Waals surface area (Å²) >= 11 is 0. The second kappa shape index (κ2) is 7.84. The van der Waals surface area contributed by atoms with Gasteiger partial charge in [-0.15, -0.1) is 0 Å². The Labute approximate surface area is 161 Å². The number of carbonyl (C=O) groups excluding carboxylic acids is 2. The molecule has 2 fully saturated rings. The predicted octanol–water partition coefficient (Wildman–Crippen LogP) is 1.83. The lowest BCUT2D eigenvalue weighted by atomic mass is 9.90. The van der Waals surface area contributed by atoms with Crippen molar-refractivity contribution >= 4 is 17.5 Å². The minimum absolute atomic E-state index is 0.0871.